The van der Waals surface area contributed by atoms with E-state index in [1.54, 1.807) is 0 Å². The molecule has 0 saturated carbocycles. The van der Waals surface area contributed by atoms with E-state index in [0.717, 1.165) is 19.3 Å². The highest BCUT2D eigenvalue weighted by atomic mass is 19.1. The first-order valence-electron chi connectivity index (χ1n) is 6.79. The lowest BCUT2D eigenvalue weighted by atomic mass is 9.96. The van der Waals surface area contributed by atoms with Gasteiger partial charge in [-0.05, 0) is 39.2 Å². The van der Waals surface area contributed by atoms with E-state index in [1.165, 1.54) is 4.90 Å². The maximum Gasteiger partial charge on any atom is 0.307 e. The molecule has 0 aromatic heterocycles. The summed E-state index contributed by atoms with van der Waals surface area (Å²) in [4.78, 5) is 23.5. The van der Waals surface area contributed by atoms with Crippen LogP contribution in [-0.4, -0.2) is 27.8 Å². The Morgan fingerprint density at radius 3 is 2.33 bits per heavy atom. The fraction of sp³-hybridized carbons (Fsp3) is 0.500. The number of hydrogen-bond acceptors (Lipinski definition) is 3. The molecule has 1 fully saturated rings. The molecule has 1 aliphatic rings. The lowest BCUT2D eigenvalue weighted by Gasteiger charge is -2.39. The standard InChI is InChI=1S/C14H16F2N2O3/c1-8-4-3-5-9(2)17(8)14(19)10-6-12(16)13(18(20)21)7-11(10)15/h6-9H,3-5H2,1-2H3. The molecule has 0 aliphatic carbocycles. The molecule has 2 atom stereocenters. The minimum Gasteiger partial charge on any atom is -0.333 e. The minimum atomic E-state index is -1.21. The summed E-state index contributed by atoms with van der Waals surface area (Å²) < 4.78 is 27.6. The first kappa shape index (κ1) is 15.3. The van der Waals surface area contributed by atoms with E-state index in [4.69, 9.17) is 0 Å². The van der Waals surface area contributed by atoms with Gasteiger partial charge in [-0.3, -0.25) is 14.9 Å². The SMILES string of the molecule is CC1CCCC(C)N1C(=O)c1cc(F)c([N+](=O)[O-])cc1F. The van der Waals surface area contributed by atoms with Crippen molar-refractivity contribution in [2.45, 2.75) is 45.2 Å². The van der Waals surface area contributed by atoms with Crippen molar-refractivity contribution in [2.75, 3.05) is 0 Å². The second-order valence-corrected chi connectivity index (χ2v) is 5.38. The van der Waals surface area contributed by atoms with E-state index in [2.05, 4.69) is 0 Å². The molecular weight excluding hydrogens is 282 g/mol. The summed E-state index contributed by atoms with van der Waals surface area (Å²) in [5.74, 6) is -2.90. The van der Waals surface area contributed by atoms with Crippen LogP contribution in [0.1, 0.15) is 43.5 Å². The van der Waals surface area contributed by atoms with Crippen LogP contribution in [0.3, 0.4) is 0 Å². The Balaban J connectivity index is 2.39. The maximum atomic E-state index is 13.9. The van der Waals surface area contributed by atoms with Crippen molar-refractivity contribution in [2.24, 2.45) is 0 Å². The molecule has 2 rings (SSSR count). The predicted molar refractivity (Wildman–Crippen MR) is 72.0 cm³/mol. The Labute approximate surface area is 120 Å². The van der Waals surface area contributed by atoms with Gasteiger partial charge in [0.1, 0.15) is 5.82 Å². The van der Waals surface area contributed by atoms with Crippen LogP contribution in [-0.2, 0) is 0 Å². The van der Waals surface area contributed by atoms with E-state index in [0.29, 0.717) is 12.1 Å². The maximum absolute atomic E-state index is 13.9. The van der Waals surface area contributed by atoms with E-state index >= 15 is 0 Å². The normalized spacial score (nSPS) is 22.2. The third-order valence-corrected chi connectivity index (χ3v) is 3.89. The van der Waals surface area contributed by atoms with E-state index < -0.39 is 33.7 Å². The molecule has 1 heterocycles. The number of benzene rings is 1. The zero-order valence-electron chi connectivity index (χ0n) is 11.8. The van der Waals surface area contributed by atoms with Gasteiger partial charge in [-0.2, -0.15) is 4.39 Å². The molecule has 7 heteroatoms. The molecule has 0 N–H and O–H groups in total. The van der Waals surface area contributed by atoms with Gasteiger partial charge in [0, 0.05) is 12.1 Å². The van der Waals surface area contributed by atoms with Crippen molar-refractivity contribution in [3.8, 4) is 0 Å². The van der Waals surface area contributed by atoms with Gasteiger partial charge in [0.2, 0.25) is 5.82 Å². The second kappa shape index (κ2) is 5.75. The van der Waals surface area contributed by atoms with Crippen molar-refractivity contribution in [1.82, 2.24) is 4.90 Å². The monoisotopic (exact) mass is 298 g/mol. The summed E-state index contributed by atoms with van der Waals surface area (Å²) in [6.45, 7) is 3.71. The van der Waals surface area contributed by atoms with Crippen molar-refractivity contribution in [3.63, 3.8) is 0 Å². The van der Waals surface area contributed by atoms with Crippen LogP contribution in [0.15, 0.2) is 12.1 Å². The number of rotatable bonds is 2. The van der Waals surface area contributed by atoms with E-state index in [9.17, 15) is 23.7 Å². The second-order valence-electron chi connectivity index (χ2n) is 5.38. The predicted octanol–water partition coefficient (Wildman–Crippen LogP) is 3.28. The summed E-state index contributed by atoms with van der Waals surface area (Å²) in [7, 11) is 0. The van der Waals surface area contributed by atoms with Crippen LogP contribution < -0.4 is 0 Å². The van der Waals surface area contributed by atoms with Gasteiger partial charge in [0.15, 0.2) is 0 Å². The smallest absolute Gasteiger partial charge is 0.307 e. The first-order chi connectivity index (χ1) is 9.82. The van der Waals surface area contributed by atoms with Crippen LogP contribution in [0.5, 0.6) is 0 Å². The average molecular weight is 298 g/mol. The van der Waals surface area contributed by atoms with Gasteiger partial charge >= 0.3 is 5.69 Å². The third kappa shape index (κ3) is 2.86. The Bertz CT molecular complexity index is 582. The van der Waals surface area contributed by atoms with Gasteiger partial charge in [-0.1, -0.05) is 0 Å². The number of nitrogens with zero attached hydrogens (tertiary/aromatic N) is 2. The fourth-order valence-electron chi connectivity index (χ4n) is 2.80. The fourth-order valence-corrected chi connectivity index (χ4v) is 2.80. The van der Waals surface area contributed by atoms with Crippen LogP contribution in [0, 0.1) is 21.7 Å². The molecule has 0 bridgehead atoms. The quantitative estimate of drug-likeness (QED) is 0.621. The van der Waals surface area contributed by atoms with Crippen molar-refractivity contribution in [3.05, 3.63) is 39.4 Å². The molecule has 1 aliphatic heterocycles. The summed E-state index contributed by atoms with van der Waals surface area (Å²) in [5, 5.41) is 10.6. The molecule has 2 unspecified atom stereocenters. The Kier molecular flexibility index (Phi) is 4.20. The topological polar surface area (TPSA) is 63.5 Å². The van der Waals surface area contributed by atoms with Crippen LogP contribution in [0.4, 0.5) is 14.5 Å². The molecule has 1 saturated heterocycles. The zero-order chi connectivity index (χ0) is 15.7. The summed E-state index contributed by atoms with van der Waals surface area (Å²) >= 11 is 0. The molecule has 0 radical (unpaired) electrons. The highest BCUT2D eigenvalue weighted by Crippen LogP contribution is 2.27. The average Bonchev–Trinajstić information content (AvgIpc) is 2.40. The number of piperidine rings is 1. The zero-order valence-corrected chi connectivity index (χ0v) is 11.8. The van der Waals surface area contributed by atoms with Crippen molar-refractivity contribution < 1.29 is 18.5 Å². The summed E-state index contributed by atoms with van der Waals surface area (Å²) in [6.07, 6.45) is 2.57. The van der Waals surface area contributed by atoms with E-state index in [-0.39, 0.29) is 12.1 Å². The molecule has 1 amide bonds. The van der Waals surface area contributed by atoms with Gasteiger partial charge in [0.25, 0.3) is 5.91 Å². The first-order valence-corrected chi connectivity index (χ1v) is 6.79. The lowest BCUT2D eigenvalue weighted by molar-refractivity contribution is -0.387. The van der Waals surface area contributed by atoms with Gasteiger partial charge in [0.05, 0.1) is 16.6 Å². The highest BCUT2D eigenvalue weighted by molar-refractivity contribution is 5.95. The third-order valence-electron chi connectivity index (χ3n) is 3.89. The van der Waals surface area contributed by atoms with Gasteiger partial charge in [-0.15, -0.1) is 0 Å². The molecule has 1 aromatic rings. The van der Waals surface area contributed by atoms with Crippen LogP contribution in [0.25, 0.3) is 0 Å². The number of nitro groups is 1. The Morgan fingerprint density at radius 2 is 1.81 bits per heavy atom. The number of amides is 1. The molecule has 114 valence electrons. The summed E-state index contributed by atoms with van der Waals surface area (Å²) in [5.41, 5.74) is -1.43. The highest BCUT2D eigenvalue weighted by Gasteiger charge is 2.32. The van der Waals surface area contributed by atoms with Crippen molar-refractivity contribution >= 4 is 11.6 Å². The molecule has 21 heavy (non-hydrogen) atoms. The number of nitro benzene ring substituents is 1. The summed E-state index contributed by atoms with van der Waals surface area (Å²) in [6, 6.07) is 0.934. The molecule has 1 aromatic carbocycles. The Morgan fingerprint density at radius 1 is 1.24 bits per heavy atom. The number of halogens is 2. The van der Waals surface area contributed by atoms with Crippen LogP contribution >= 0.6 is 0 Å². The molecule has 5 nitrogen and oxygen atoms in total. The van der Waals surface area contributed by atoms with Gasteiger partial charge < -0.3 is 4.90 Å². The largest absolute Gasteiger partial charge is 0.333 e. The van der Waals surface area contributed by atoms with E-state index in [1.807, 2.05) is 13.8 Å². The lowest BCUT2D eigenvalue weighted by Crippen LogP contribution is -2.47. The molecule has 0 spiro atoms. The number of carbonyl (C=O) groups excluding carboxylic acids is 1. The van der Waals surface area contributed by atoms with Gasteiger partial charge in [-0.25, -0.2) is 4.39 Å². The van der Waals surface area contributed by atoms with Crippen molar-refractivity contribution in [1.29, 1.82) is 0 Å². The molecular formula is C14H16F2N2O3. The van der Waals surface area contributed by atoms with Crippen LogP contribution in [0.2, 0.25) is 0 Å². The number of carbonyl (C=O) groups is 1. The number of likely N-dealkylation sites (tertiary alicyclic amines) is 1. The number of hydrogen-bond donors (Lipinski definition) is 0. The minimum absolute atomic E-state index is 0.0705. The Hall–Kier alpha value is -2.05.